The number of hydrogen-bond acceptors (Lipinski definition) is 10. The number of ether oxygens (including phenoxy) is 2. The highest BCUT2D eigenvalue weighted by atomic mass is 32.1. The number of carbonyl (C=O) groups is 2. The average Bonchev–Trinajstić information content (AvgIpc) is 3.39. The number of thiazole rings is 1. The van der Waals surface area contributed by atoms with E-state index in [4.69, 9.17) is 4.74 Å². The number of alkyl halides is 3. The van der Waals surface area contributed by atoms with Crippen molar-refractivity contribution >= 4 is 34.2 Å². The SMILES string of the molecule is COc1ccc(-c2nc(NC(=O)c3cnc(N4CCC(C(=O)O)CC4)cn3)sc2CN2CCCC[C@H]2C)cc1OC(F)(F)F. The second kappa shape index (κ2) is 13.3. The van der Waals surface area contributed by atoms with Crippen molar-refractivity contribution in [1.29, 1.82) is 0 Å². The molecular weight excluding hydrogens is 601 g/mol. The first kappa shape index (κ1) is 31.4. The standard InChI is InChI=1S/C29H33F3N6O5S/c1-17-5-3-4-10-38(17)16-23-25(19-6-7-21(42-2)22(13-19)43-29(30,31)32)35-28(44-23)36-26(39)20-14-34-24(15-33-20)37-11-8-18(9-12-37)27(40)41/h6-7,13-15,17-18H,3-5,8-12,16H2,1-2H3,(H,40,41)(H,35,36,39)/t17-/m1/s1. The lowest BCUT2D eigenvalue weighted by atomic mass is 9.97. The third-order valence-electron chi connectivity index (χ3n) is 7.91. The van der Waals surface area contributed by atoms with Crippen LogP contribution in [-0.4, -0.2) is 76.0 Å². The maximum absolute atomic E-state index is 13.1. The summed E-state index contributed by atoms with van der Waals surface area (Å²) in [6.45, 7) is 4.58. The van der Waals surface area contributed by atoms with Crippen LogP contribution in [0.1, 0.15) is 54.4 Å². The van der Waals surface area contributed by atoms with Crippen molar-refractivity contribution < 1.29 is 37.3 Å². The van der Waals surface area contributed by atoms with E-state index in [1.54, 1.807) is 6.07 Å². The minimum atomic E-state index is -4.91. The van der Waals surface area contributed by atoms with Crippen LogP contribution in [-0.2, 0) is 11.3 Å². The highest BCUT2D eigenvalue weighted by molar-refractivity contribution is 7.16. The minimum absolute atomic E-state index is 0.0578. The van der Waals surface area contributed by atoms with Gasteiger partial charge in [-0.1, -0.05) is 17.8 Å². The van der Waals surface area contributed by atoms with E-state index in [0.29, 0.717) is 55.6 Å². The maximum atomic E-state index is 13.1. The number of carboxylic acid groups (broad SMARTS) is 1. The summed E-state index contributed by atoms with van der Waals surface area (Å²) in [6, 6.07) is 4.55. The summed E-state index contributed by atoms with van der Waals surface area (Å²) in [5, 5.41) is 12.2. The molecule has 236 valence electrons. The molecule has 0 radical (unpaired) electrons. The molecule has 1 atom stereocenters. The number of aromatic nitrogens is 3. The van der Waals surface area contributed by atoms with E-state index >= 15 is 0 Å². The molecule has 44 heavy (non-hydrogen) atoms. The first-order valence-corrected chi connectivity index (χ1v) is 15.1. The largest absolute Gasteiger partial charge is 0.573 e. The normalized spacial score (nSPS) is 18.2. The number of anilines is 2. The summed E-state index contributed by atoms with van der Waals surface area (Å²) < 4.78 is 48.7. The molecule has 0 bridgehead atoms. The molecule has 2 aliphatic heterocycles. The number of hydrogen-bond donors (Lipinski definition) is 2. The number of piperidine rings is 2. The van der Waals surface area contributed by atoms with Gasteiger partial charge in [0, 0.05) is 36.1 Å². The molecule has 5 rings (SSSR count). The quantitative estimate of drug-likeness (QED) is 0.314. The van der Waals surface area contributed by atoms with Gasteiger partial charge >= 0.3 is 12.3 Å². The fourth-order valence-corrected chi connectivity index (χ4v) is 6.47. The lowest BCUT2D eigenvalue weighted by Gasteiger charge is -2.33. The number of amides is 1. The van der Waals surface area contributed by atoms with Gasteiger partial charge in [0.2, 0.25) is 0 Å². The fraction of sp³-hybridized carbons (Fsp3) is 0.483. The summed E-state index contributed by atoms with van der Waals surface area (Å²) >= 11 is 1.25. The number of nitrogens with one attached hydrogen (secondary N) is 1. The zero-order valence-corrected chi connectivity index (χ0v) is 25.1. The molecule has 4 heterocycles. The number of halogens is 3. The number of methoxy groups -OCH3 is 1. The second-order valence-electron chi connectivity index (χ2n) is 10.8. The van der Waals surface area contributed by atoms with Gasteiger partial charge in [0.25, 0.3) is 5.91 Å². The number of likely N-dealkylation sites (tertiary alicyclic amines) is 1. The van der Waals surface area contributed by atoms with E-state index in [9.17, 15) is 27.9 Å². The molecular formula is C29H33F3N6O5S. The van der Waals surface area contributed by atoms with Gasteiger partial charge in [-0.3, -0.25) is 19.8 Å². The molecule has 1 aromatic carbocycles. The molecule has 0 aliphatic carbocycles. The van der Waals surface area contributed by atoms with Crippen molar-refractivity contribution in [2.75, 3.05) is 37.0 Å². The van der Waals surface area contributed by atoms with Crippen LogP contribution in [0.3, 0.4) is 0 Å². The topological polar surface area (TPSA) is 130 Å². The van der Waals surface area contributed by atoms with Gasteiger partial charge in [-0.05, 0) is 57.4 Å². The number of aliphatic carboxylic acids is 1. The molecule has 0 saturated carbocycles. The van der Waals surface area contributed by atoms with Gasteiger partial charge in [0.15, 0.2) is 16.6 Å². The maximum Gasteiger partial charge on any atom is 0.573 e. The molecule has 1 amide bonds. The van der Waals surface area contributed by atoms with Crippen LogP contribution in [0.2, 0.25) is 0 Å². The molecule has 0 unspecified atom stereocenters. The smallest absolute Gasteiger partial charge is 0.493 e. The zero-order chi connectivity index (χ0) is 31.4. The van der Waals surface area contributed by atoms with Crippen molar-refractivity contribution in [3.8, 4) is 22.8 Å². The predicted molar refractivity (Wildman–Crippen MR) is 157 cm³/mol. The predicted octanol–water partition coefficient (Wildman–Crippen LogP) is 5.44. The highest BCUT2D eigenvalue weighted by Crippen LogP contribution is 2.39. The van der Waals surface area contributed by atoms with Crippen LogP contribution >= 0.6 is 11.3 Å². The van der Waals surface area contributed by atoms with Gasteiger partial charge in [-0.2, -0.15) is 0 Å². The summed E-state index contributed by atoms with van der Waals surface area (Å²) in [5.74, 6) is -1.73. The Morgan fingerprint density at radius 2 is 1.86 bits per heavy atom. The Morgan fingerprint density at radius 1 is 1.09 bits per heavy atom. The van der Waals surface area contributed by atoms with Gasteiger partial charge in [0.1, 0.15) is 11.5 Å². The van der Waals surface area contributed by atoms with Crippen molar-refractivity contribution in [3.05, 3.63) is 41.2 Å². The van der Waals surface area contributed by atoms with Crippen LogP contribution in [0.5, 0.6) is 11.5 Å². The van der Waals surface area contributed by atoms with E-state index in [1.807, 2.05) is 4.90 Å². The molecule has 2 fully saturated rings. The minimum Gasteiger partial charge on any atom is -0.493 e. The van der Waals surface area contributed by atoms with Crippen molar-refractivity contribution in [1.82, 2.24) is 19.9 Å². The summed E-state index contributed by atoms with van der Waals surface area (Å²) in [5.41, 5.74) is 0.878. The second-order valence-corrected chi connectivity index (χ2v) is 11.9. The Kier molecular flexibility index (Phi) is 9.53. The number of rotatable bonds is 9. The fourth-order valence-electron chi connectivity index (χ4n) is 5.46. The van der Waals surface area contributed by atoms with E-state index < -0.39 is 24.0 Å². The highest BCUT2D eigenvalue weighted by Gasteiger charge is 2.33. The number of nitrogens with zero attached hydrogens (tertiary/aromatic N) is 5. The monoisotopic (exact) mass is 634 g/mol. The summed E-state index contributed by atoms with van der Waals surface area (Å²) in [6.07, 6.45) is 2.13. The molecule has 2 aliphatic rings. The van der Waals surface area contributed by atoms with E-state index in [2.05, 4.69) is 36.8 Å². The van der Waals surface area contributed by atoms with Crippen LogP contribution in [0.4, 0.5) is 24.1 Å². The van der Waals surface area contributed by atoms with Gasteiger partial charge in [-0.15, -0.1) is 13.2 Å². The van der Waals surface area contributed by atoms with E-state index in [0.717, 1.165) is 30.7 Å². The van der Waals surface area contributed by atoms with Crippen LogP contribution < -0.4 is 19.7 Å². The molecule has 2 saturated heterocycles. The van der Waals surface area contributed by atoms with Crippen molar-refractivity contribution in [3.63, 3.8) is 0 Å². The van der Waals surface area contributed by atoms with Crippen molar-refractivity contribution in [2.45, 2.75) is 58.0 Å². The third kappa shape index (κ3) is 7.56. The van der Waals surface area contributed by atoms with E-state index in [1.165, 1.54) is 43.0 Å². The molecule has 11 nitrogen and oxygen atoms in total. The Morgan fingerprint density at radius 3 is 2.50 bits per heavy atom. The molecule has 0 spiro atoms. The van der Waals surface area contributed by atoms with Gasteiger partial charge < -0.3 is 19.5 Å². The molecule has 2 N–H and O–H groups in total. The first-order valence-electron chi connectivity index (χ1n) is 14.3. The zero-order valence-electron chi connectivity index (χ0n) is 24.3. The molecule has 3 aromatic rings. The lowest BCUT2D eigenvalue weighted by molar-refractivity contribution is -0.275. The van der Waals surface area contributed by atoms with Crippen LogP contribution in [0.15, 0.2) is 30.6 Å². The number of carboxylic acids is 1. The Hall–Kier alpha value is -3.98. The van der Waals surface area contributed by atoms with Crippen LogP contribution in [0.25, 0.3) is 11.3 Å². The third-order valence-corrected chi connectivity index (χ3v) is 8.86. The van der Waals surface area contributed by atoms with E-state index in [-0.39, 0.29) is 22.5 Å². The van der Waals surface area contributed by atoms with Gasteiger partial charge in [-0.25, -0.2) is 15.0 Å². The summed E-state index contributed by atoms with van der Waals surface area (Å²) in [7, 11) is 1.26. The van der Waals surface area contributed by atoms with Crippen LogP contribution in [0, 0.1) is 5.92 Å². The lowest BCUT2D eigenvalue weighted by Crippen LogP contribution is -2.36. The number of carbonyl (C=O) groups excluding carboxylic acids is 1. The van der Waals surface area contributed by atoms with Gasteiger partial charge in [0.05, 0.1) is 31.1 Å². The Bertz CT molecular complexity index is 1480. The summed E-state index contributed by atoms with van der Waals surface area (Å²) in [4.78, 5) is 42.6. The van der Waals surface area contributed by atoms with Crippen molar-refractivity contribution in [2.24, 2.45) is 5.92 Å². The molecule has 2 aromatic heterocycles. The number of benzene rings is 1. The Labute approximate surface area is 256 Å². The Balaban J connectivity index is 1.37. The molecule has 15 heteroatoms. The first-order chi connectivity index (χ1) is 21.0. The average molecular weight is 635 g/mol.